The molecule has 0 spiro atoms. The topological polar surface area (TPSA) is 44.2 Å². The molecule has 0 aliphatic carbocycles. The summed E-state index contributed by atoms with van der Waals surface area (Å²) in [7, 11) is 1.59. The fourth-order valence-corrected chi connectivity index (χ4v) is 1.30. The van der Waals surface area contributed by atoms with E-state index >= 15 is 0 Å². The summed E-state index contributed by atoms with van der Waals surface area (Å²) in [6.45, 7) is 5.26. The van der Waals surface area contributed by atoms with Crippen LogP contribution in [0, 0.1) is 5.92 Å². The van der Waals surface area contributed by atoms with E-state index in [4.69, 9.17) is 21.1 Å². The van der Waals surface area contributed by atoms with E-state index in [0.717, 1.165) is 6.42 Å². The van der Waals surface area contributed by atoms with Crippen molar-refractivity contribution in [2.24, 2.45) is 5.92 Å². The largest absolute Gasteiger partial charge is 0.478 e. The van der Waals surface area contributed by atoms with Crippen LogP contribution in [0.15, 0.2) is 6.07 Å². The van der Waals surface area contributed by atoms with Crippen LogP contribution in [-0.4, -0.2) is 23.7 Å². The summed E-state index contributed by atoms with van der Waals surface area (Å²) in [4.78, 5) is 8.19. The average Bonchev–Trinajstić information content (AvgIpc) is 2.16. The fraction of sp³-hybridized carbons (Fsp3) is 0.636. The Hall–Kier alpha value is -0.870. The molecule has 5 heteroatoms. The van der Waals surface area contributed by atoms with E-state index < -0.39 is 0 Å². The van der Waals surface area contributed by atoms with E-state index in [1.807, 2.05) is 0 Å². The van der Waals surface area contributed by atoms with Crippen LogP contribution in [0.4, 0.5) is 0 Å². The smallest absolute Gasteiger partial charge is 0.218 e. The SMILES string of the molecule is COCc1nc(Cl)cc(OCCC(C)C)n1. The molecule has 0 N–H and O–H groups in total. The highest BCUT2D eigenvalue weighted by atomic mass is 35.5. The maximum Gasteiger partial charge on any atom is 0.218 e. The number of halogens is 1. The molecular formula is C11H17ClN2O2. The first-order valence-electron chi connectivity index (χ1n) is 5.27. The zero-order chi connectivity index (χ0) is 12.0. The molecule has 0 aliphatic rings. The molecule has 0 radical (unpaired) electrons. The van der Waals surface area contributed by atoms with Gasteiger partial charge in [-0.3, -0.25) is 0 Å². The third-order valence-corrected chi connectivity index (χ3v) is 2.13. The van der Waals surface area contributed by atoms with E-state index in [2.05, 4.69) is 23.8 Å². The van der Waals surface area contributed by atoms with Crippen molar-refractivity contribution < 1.29 is 9.47 Å². The summed E-state index contributed by atoms with van der Waals surface area (Å²) in [5.74, 6) is 1.65. The Kier molecular flexibility index (Phi) is 5.49. The predicted octanol–water partition coefficient (Wildman–Crippen LogP) is 2.70. The van der Waals surface area contributed by atoms with Crippen molar-refractivity contribution in [3.63, 3.8) is 0 Å². The number of nitrogens with zero attached hydrogens (tertiary/aromatic N) is 2. The monoisotopic (exact) mass is 244 g/mol. The summed E-state index contributed by atoms with van der Waals surface area (Å²) in [6, 6.07) is 1.61. The van der Waals surface area contributed by atoms with Gasteiger partial charge in [0.2, 0.25) is 5.88 Å². The Morgan fingerprint density at radius 2 is 2.12 bits per heavy atom. The maximum atomic E-state index is 5.84. The van der Waals surface area contributed by atoms with Gasteiger partial charge in [-0.15, -0.1) is 0 Å². The molecule has 1 aromatic heterocycles. The first-order chi connectivity index (χ1) is 7.61. The van der Waals surface area contributed by atoms with Gasteiger partial charge >= 0.3 is 0 Å². The number of rotatable bonds is 6. The molecule has 0 unspecified atom stereocenters. The second-order valence-electron chi connectivity index (χ2n) is 3.91. The van der Waals surface area contributed by atoms with Crippen molar-refractivity contribution >= 4 is 11.6 Å². The maximum absolute atomic E-state index is 5.84. The standard InChI is InChI=1S/C11H17ClN2O2/c1-8(2)4-5-16-11-6-9(12)13-10(14-11)7-15-3/h6,8H,4-5,7H2,1-3H3. The van der Waals surface area contributed by atoms with Gasteiger partial charge in [-0.25, -0.2) is 4.98 Å². The van der Waals surface area contributed by atoms with Gasteiger partial charge < -0.3 is 9.47 Å². The van der Waals surface area contributed by atoms with Gasteiger partial charge in [-0.05, 0) is 12.3 Å². The Labute approximate surface area is 101 Å². The lowest BCUT2D eigenvalue weighted by molar-refractivity contribution is 0.176. The number of aromatic nitrogens is 2. The zero-order valence-corrected chi connectivity index (χ0v) is 10.6. The predicted molar refractivity (Wildman–Crippen MR) is 62.7 cm³/mol. The average molecular weight is 245 g/mol. The lowest BCUT2D eigenvalue weighted by Gasteiger charge is -2.08. The highest BCUT2D eigenvalue weighted by Crippen LogP contribution is 2.14. The Bertz CT molecular complexity index is 332. The van der Waals surface area contributed by atoms with Gasteiger partial charge in [0.15, 0.2) is 5.82 Å². The molecule has 0 bridgehead atoms. The van der Waals surface area contributed by atoms with E-state index in [9.17, 15) is 0 Å². The van der Waals surface area contributed by atoms with Crippen molar-refractivity contribution in [1.29, 1.82) is 0 Å². The molecule has 0 amide bonds. The normalized spacial score (nSPS) is 10.8. The van der Waals surface area contributed by atoms with Crippen LogP contribution >= 0.6 is 11.6 Å². The quantitative estimate of drug-likeness (QED) is 0.722. The van der Waals surface area contributed by atoms with Crippen molar-refractivity contribution in [2.75, 3.05) is 13.7 Å². The van der Waals surface area contributed by atoms with E-state index in [-0.39, 0.29) is 0 Å². The van der Waals surface area contributed by atoms with E-state index in [1.54, 1.807) is 13.2 Å². The molecule has 0 saturated carbocycles. The molecule has 0 saturated heterocycles. The van der Waals surface area contributed by atoms with Gasteiger partial charge in [-0.1, -0.05) is 25.4 Å². The number of ether oxygens (including phenoxy) is 2. The summed E-state index contributed by atoms with van der Waals surface area (Å²) in [5, 5.41) is 0.376. The highest BCUT2D eigenvalue weighted by Gasteiger charge is 2.04. The lowest BCUT2D eigenvalue weighted by atomic mass is 10.1. The van der Waals surface area contributed by atoms with Gasteiger partial charge in [0.05, 0.1) is 6.61 Å². The van der Waals surface area contributed by atoms with Crippen LogP contribution in [-0.2, 0) is 11.3 Å². The molecular weight excluding hydrogens is 228 g/mol. The van der Waals surface area contributed by atoms with Crippen LogP contribution in [0.2, 0.25) is 5.15 Å². The van der Waals surface area contributed by atoms with Crippen LogP contribution in [0.3, 0.4) is 0 Å². The van der Waals surface area contributed by atoms with Gasteiger partial charge in [0, 0.05) is 13.2 Å². The lowest BCUT2D eigenvalue weighted by Crippen LogP contribution is -2.05. The first kappa shape index (κ1) is 13.2. The van der Waals surface area contributed by atoms with Crippen molar-refractivity contribution in [1.82, 2.24) is 9.97 Å². The van der Waals surface area contributed by atoms with Crippen molar-refractivity contribution in [2.45, 2.75) is 26.9 Å². The molecule has 16 heavy (non-hydrogen) atoms. The minimum Gasteiger partial charge on any atom is -0.478 e. The fourth-order valence-electron chi connectivity index (χ4n) is 1.11. The Balaban J connectivity index is 2.58. The van der Waals surface area contributed by atoms with Gasteiger partial charge in [0.1, 0.15) is 11.8 Å². The van der Waals surface area contributed by atoms with Crippen LogP contribution in [0.1, 0.15) is 26.1 Å². The second kappa shape index (κ2) is 6.66. The number of methoxy groups -OCH3 is 1. The first-order valence-corrected chi connectivity index (χ1v) is 5.64. The van der Waals surface area contributed by atoms with Crippen LogP contribution in [0.25, 0.3) is 0 Å². The number of hydrogen-bond acceptors (Lipinski definition) is 4. The summed E-state index contributed by atoms with van der Waals surface area (Å²) in [6.07, 6.45) is 0.987. The summed E-state index contributed by atoms with van der Waals surface area (Å²) >= 11 is 5.84. The van der Waals surface area contributed by atoms with Gasteiger partial charge in [0.25, 0.3) is 0 Å². The molecule has 4 nitrogen and oxygen atoms in total. The van der Waals surface area contributed by atoms with E-state index in [0.29, 0.717) is 36.0 Å². The summed E-state index contributed by atoms with van der Waals surface area (Å²) in [5.41, 5.74) is 0. The molecule has 1 heterocycles. The summed E-state index contributed by atoms with van der Waals surface area (Å²) < 4.78 is 10.4. The third-order valence-electron chi connectivity index (χ3n) is 1.94. The molecule has 0 fully saturated rings. The molecule has 90 valence electrons. The third kappa shape index (κ3) is 4.77. The van der Waals surface area contributed by atoms with Crippen LogP contribution in [0.5, 0.6) is 5.88 Å². The Morgan fingerprint density at radius 1 is 1.38 bits per heavy atom. The highest BCUT2D eigenvalue weighted by molar-refractivity contribution is 6.29. The molecule has 0 aliphatic heterocycles. The zero-order valence-electron chi connectivity index (χ0n) is 9.86. The molecule has 1 aromatic rings. The van der Waals surface area contributed by atoms with Crippen molar-refractivity contribution in [3.05, 3.63) is 17.0 Å². The molecule has 1 rings (SSSR count). The van der Waals surface area contributed by atoms with Crippen molar-refractivity contribution in [3.8, 4) is 5.88 Å². The van der Waals surface area contributed by atoms with Crippen LogP contribution < -0.4 is 4.74 Å². The minimum atomic E-state index is 0.334. The Morgan fingerprint density at radius 3 is 2.75 bits per heavy atom. The molecule has 0 aromatic carbocycles. The second-order valence-corrected chi connectivity index (χ2v) is 4.30. The van der Waals surface area contributed by atoms with E-state index in [1.165, 1.54) is 0 Å². The molecule has 0 atom stereocenters. The van der Waals surface area contributed by atoms with Gasteiger partial charge in [-0.2, -0.15) is 4.98 Å². The number of hydrogen-bond donors (Lipinski definition) is 0. The minimum absolute atomic E-state index is 0.334.